The van der Waals surface area contributed by atoms with Crippen LogP contribution in [-0.2, 0) is 4.84 Å². The highest BCUT2D eigenvalue weighted by atomic mass is 35.5. The van der Waals surface area contributed by atoms with Crippen molar-refractivity contribution in [3.63, 3.8) is 0 Å². The Kier molecular flexibility index (Phi) is 2.10. The Balaban J connectivity index is 2.18. The lowest BCUT2D eigenvalue weighted by Gasteiger charge is -2.07. The maximum absolute atomic E-state index is 5.84. The second-order valence-electron chi connectivity index (χ2n) is 2.94. The molecule has 1 aliphatic rings. The summed E-state index contributed by atoms with van der Waals surface area (Å²) in [5.74, 6) is 0.532. The first-order valence-corrected chi connectivity index (χ1v) is 4.37. The number of nitrogens with zero attached hydrogens (tertiary/aromatic N) is 1. The number of oxime groups is 1. The lowest BCUT2D eigenvalue weighted by molar-refractivity contribution is 0.0857. The molecule has 1 aliphatic heterocycles. The molecule has 0 fully saturated rings. The molecule has 1 atom stereocenters. The fraction of sp³-hybridized carbons (Fsp3) is 0.222. The van der Waals surface area contributed by atoms with Crippen molar-refractivity contribution >= 4 is 17.4 Å². The molecular formula is C9H9ClN2O. The first kappa shape index (κ1) is 8.38. The summed E-state index contributed by atoms with van der Waals surface area (Å²) in [5.41, 5.74) is 6.50. The Hall–Kier alpha value is -1.22. The molecule has 0 spiro atoms. The molecule has 0 saturated heterocycles. The summed E-state index contributed by atoms with van der Waals surface area (Å²) >= 11 is 5.84. The molecule has 68 valence electrons. The summed E-state index contributed by atoms with van der Waals surface area (Å²) in [4.78, 5) is 5.11. The number of amidine groups is 1. The second kappa shape index (κ2) is 3.26. The van der Waals surface area contributed by atoms with Crippen LogP contribution >= 0.6 is 11.6 Å². The maximum atomic E-state index is 5.84. The normalized spacial score (nSPS) is 21.0. The lowest BCUT2D eigenvalue weighted by Crippen LogP contribution is -2.09. The van der Waals surface area contributed by atoms with E-state index in [0.717, 1.165) is 5.56 Å². The number of halogens is 1. The standard InChI is InChI=1S/C9H9ClN2O/c10-7-3-1-2-6(4-7)8-5-9(11)12-13-8/h1-4,8H,5H2,(H2,11,12). The molecule has 0 bridgehead atoms. The van der Waals surface area contributed by atoms with Gasteiger partial charge >= 0.3 is 0 Å². The zero-order chi connectivity index (χ0) is 9.26. The Morgan fingerprint density at radius 3 is 3.00 bits per heavy atom. The minimum Gasteiger partial charge on any atom is -0.386 e. The van der Waals surface area contributed by atoms with E-state index >= 15 is 0 Å². The fourth-order valence-electron chi connectivity index (χ4n) is 1.28. The van der Waals surface area contributed by atoms with Gasteiger partial charge in [-0.05, 0) is 17.7 Å². The van der Waals surface area contributed by atoms with E-state index in [-0.39, 0.29) is 6.10 Å². The molecule has 1 heterocycles. The van der Waals surface area contributed by atoms with Crippen LogP contribution in [0.1, 0.15) is 18.1 Å². The van der Waals surface area contributed by atoms with Gasteiger partial charge in [0.25, 0.3) is 0 Å². The van der Waals surface area contributed by atoms with Gasteiger partial charge in [0, 0.05) is 5.02 Å². The highest BCUT2D eigenvalue weighted by Crippen LogP contribution is 2.27. The van der Waals surface area contributed by atoms with Crippen LogP contribution in [0, 0.1) is 0 Å². The minimum atomic E-state index is -0.0706. The van der Waals surface area contributed by atoms with E-state index < -0.39 is 0 Å². The number of benzene rings is 1. The van der Waals surface area contributed by atoms with Gasteiger partial charge in [0.15, 0.2) is 6.10 Å². The van der Waals surface area contributed by atoms with Gasteiger partial charge in [-0.3, -0.25) is 0 Å². The SMILES string of the molecule is NC1=NOC(c2cccc(Cl)c2)C1. The topological polar surface area (TPSA) is 47.6 Å². The molecule has 0 aromatic heterocycles. The zero-order valence-electron chi connectivity index (χ0n) is 6.90. The van der Waals surface area contributed by atoms with Crippen molar-refractivity contribution < 1.29 is 4.84 Å². The highest BCUT2D eigenvalue weighted by molar-refractivity contribution is 6.30. The van der Waals surface area contributed by atoms with Gasteiger partial charge in [0.1, 0.15) is 5.84 Å². The highest BCUT2D eigenvalue weighted by Gasteiger charge is 2.20. The van der Waals surface area contributed by atoms with Crippen molar-refractivity contribution in [1.82, 2.24) is 0 Å². The molecule has 0 saturated carbocycles. The van der Waals surface area contributed by atoms with Crippen LogP contribution in [0.15, 0.2) is 29.4 Å². The Bertz CT molecular complexity index is 351. The van der Waals surface area contributed by atoms with Crippen LogP contribution < -0.4 is 5.73 Å². The quantitative estimate of drug-likeness (QED) is 0.748. The van der Waals surface area contributed by atoms with E-state index in [4.69, 9.17) is 22.2 Å². The van der Waals surface area contributed by atoms with Crippen molar-refractivity contribution in [3.05, 3.63) is 34.9 Å². The molecule has 0 radical (unpaired) electrons. The first-order chi connectivity index (χ1) is 6.25. The van der Waals surface area contributed by atoms with Gasteiger partial charge in [0.2, 0.25) is 0 Å². The van der Waals surface area contributed by atoms with Gasteiger partial charge in [-0.1, -0.05) is 28.9 Å². The molecule has 3 nitrogen and oxygen atoms in total. The molecule has 4 heteroatoms. The summed E-state index contributed by atoms with van der Waals surface area (Å²) in [6.07, 6.45) is 0.569. The third kappa shape index (κ3) is 1.75. The van der Waals surface area contributed by atoms with Gasteiger partial charge < -0.3 is 10.6 Å². The van der Waals surface area contributed by atoms with Crippen molar-refractivity contribution in [1.29, 1.82) is 0 Å². The second-order valence-corrected chi connectivity index (χ2v) is 3.37. The van der Waals surface area contributed by atoms with Gasteiger partial charge in [-0.15, -0.1) is 0 Å². The van der Waals surface area contributed by atoms with E-state index in [2.05, 4.69) is 5.16 Å². The van der Waals surface area contributed by atoms with Crippen LogP contribution in [0.4, 0.5) is 0 Å². The van der Waals surface area contributed by atoms with E-state index in [9.17, 15) is 0 Å². The molecular weight excluding hydrogens is 188 g/mol. The van der Waals surface area contributed by atoms with Crippen molar-refractivity contribution in [2.24, 2.45) is 10.9 Å². The molecule has 1 unspecified atom stereocenters. The Labute approximate surface area is 81.1 Å². The van der Waals surface area contributed by atoms with Crippen LogP contribution in [-0.4, -0.2) is 5.84 Å². The van der Waals surface area contributed by atoms with Crippen LogP contribution in [0.3, 0.4) is 0 Å². The van der Waals surface area contributed by atoms with Gasteiger partial charge in [-0.2, -0.15) is 0 Å². The monoisotopic (exact) mass is 196 g/mol. The largest absolute Gasteiger partial charge is 0.386 e. The number of nitrogens with two attached hydrogens (primary N) is 1. The predicted molar refractivity (Wildman–Crippen MR) is 51.5 cm³/mol. The van der Waals surface area contributed by atoms with Crippen molar-refractivity contribution in [2.75, 3.05) is 0 Å². The summed E-state index contributed by atoms with van der Waals surface area (Å²) in [5, 5.41) is 4.38. The van der Waals surface area contributed by atoms with E-state index in [1.54, 1.807) is 0 Å². The number of rotatable bonds is 1. The summed E-state index contributed by atoms with van der Waals surface area (Å²) in [7, 11) is 0. The predicted octanol–water partition coefficient (Wildman–Crippen LogP) is 2.07. The minimum absolute atomic E-state index is 0.0706. The number of hydrogen-bond donors (Lipinski definition) is 1. The third-order valence-electron chi connectivity index (χ3n) is 1.91. The molecule has 2 rings (SSSR count). The van der Waals surface area contributed by atoms with Crippen LogP contribution in [0.2, 0.25) is 5.02 Å². The van der Waals surface area contributed by atoms with Crippen molar-refractivity contribution in [2.45, 2.75) is 12.5 Å². The van der Waals surface area contributed by atoms with E-state index in [1.807, 2.05) is 24.3 Å². The average Bonchev–Trinajstić information content (AvgIpc) is 2.52. The molecule has 1 aromatic carbocycles. The lowest BCUT2D eigenvalue weighted by atomic mass is 10.1. The summed E-state index contributed by atoms with van der Waals surface area (Å²) in [6.45, 7) is 0. The van der Waals surface area contributed by atoms with Gasteiger partial charge in [-0.25, -0.2) is 0 Å². The smallest absolute Gasteiger partial charge is 0.159 e. The number of hydrogen-bond acceptors (Lipinski definition) is 3. The first-order valence-electron chi connectivity index (χ1n) is 3.99. The molecule has 0 aliphatic carbocycles. The fourth-order valence-corrected chi connectivity index (χ4v) is 1.48. The zero-order valence-corrected chi connectivity index (χ0v) is 7.66. The van der Waals surface area contributed by atoms with Crippen molar-refractivity contribution in [3.8, 4) is 0 Å². The molecule has 2 N–H and O–H groups in total. The summed E-state index contributed by atoms with van der Waals surface area (Å²) in [6, 6.07) is 7.52. The van der Waals surface area contributed by atoms with Crippen LogP contribution in [0.25, 0.3) is 0 Å². The Morgan fingerprint density at radius 2 is 2.38 bits per heavy atom. The van der Waals surface area contributed by atoms with E-state index in [1.165, 1.54) is 0 Å². The maximum Gasteiger partial charge on any atom is 0.159 e. The van der Waals surface area contributed by atoms with E-state index in [0.29, 0.717) is 17.3 Å². The summed E-state index contributed by atoms with van der Waals surface area (Å²) < 4.78 is 0. The molecule has 1 aromatic rings. The van der Waals surface area contributed by atoms with Gasteiger partial charge in [0.05, 0.1) is 6.42 Å². The molecule has 13 heavy (non-hydrogen) atoms. The third-order valence-corrected chi connectivity index (χ3v) is 2.15. The average molecular weight is 197 g/mol. The molecule has 0 amide bonds. The Morgan fingerprint density at radius 1 is 1.54 bits per heavy atom. The van der Waals surface area contributed by atoms with Crippen LogP contribution in [0.5, 0.6) is 0 Å².